The van der Waals surface area contributed by atoms with Gasteiger partial charge in [0.1, 0.15) is 0 Å². The van der Waals surface area contributed by atoms with Crippen molar-refractivity contribution in [2.75, 3.05) is 19.5 Å². The second-order valence-corrected chi connectivity index (χ2v) is 5.68. The zero-order valence-corrected chi connectivity index (χ0v) is 13.1. The van der Waals surface area contributed by atoms with Crippen LogP contribution < -0.4 is 5.56 Å². The Labute approximate surface area is 131 Å². The van der Waals surface area contributed by atoms with Crippen LogP contribution in [0.2, 0.25) is 5.02 Å². The van der Waals surface area contributed by atoms with Gasteiger partial charge in [0.15, 0.2) is 5.16 Å². The average molecular weight is 324 g/mol. The first-order chi connectivity index (χ1) is 10.2. The van der Waals surface area contributed by atoms with E-state index in [1.165, 1.54) is 11.8 Å². The third kappa shape index (κ3) is 3.76. The molecule has 0 aliphatic carbocycles. The van der Waals surface area contributed by atoms with Gasteiger partial charge in [-0.2, -0.15) is 5.26 Å². The van der Waals surface area contributed by atoms with E-state index in [1.54, 1.807) is 29.9 Å². The lowest BCUT2D eigenvalue weighted by Gasteiger charge is -2.12. The summed E-state index contributed by atoms with van der Waals surface area (Å²) in [5.41, 5.74) is 0.434. The van der Waals surface area contributed by atoms with Crippen molar-refractivity contribution >= 4 is 34.3 Å². The molecule has 0 bridgehead atoms. The van der Waals surface area contributed by atoms with Crippen molar-refractivity contribution in [3.05, 3.63) is 33.6 Å². The molecule has 0 fully saturated rings. The minimum Gasteiger partial charge on any atom is -0.385 e. The zero-order chi connectivity index (χ0) is 15.2. The maximum Gasteiger partial charge on any atom is 0.262 e. The van der Waals surface area contributed by atoms with Crippen molar-refractivity contribution in [1.82, 2.24) is 9.55 Å². The topological polar surface area (TPSA) is 67.9 Å². The molecule has 1 aromatic heterocycles. The number of ether oxygens (including phenoxy) is 1. The molecule has 0 aliphatic rings. The van der Waals surface area contributed by atoms with Gasteiger partial charge in [-0.05, 0) is 24.6 Å². The number of fused-ring (bicyclic) bond motifs is 1. The Morgan fingerprint density at radius 1 is 1.52 bits per heavy atom. The minimum absolute atomic E-state index is 0.117. The number of nitriles is 1. The molecule has 1 aromatic carbocycles. The Morgan fingerprint density at radius 2 is 2.33 bits per heavy atom. The molecule has 2 aromatic rings. The number of thioether (sulfide) groups is 1. The Hall–Kier alpha value is -1.55. The number of benzene rings is 1. The molecule has 0 aliphatic heterocycles. The molecule has 0 saturated carbocycles. The molecule has 2 rings (SSSR count). The van der Waals surface area contributed by atoms with Gasteiger partial charge in [-0.1, -0.05) is 23.4 Å². The smallest absolute Gasteiger partial charge is 0.262 e. The van der Waals surface area contributed by atoms with E-state index in [2.05, 4.69) is 4.98 Å². The van der Waals surface area contributed by atoms with Crippen LogP contribution in [0, 0.1) is 11.3 Å². The predicted octanol–water partition coefficient (Wildman–Crippen LogP) is 2.70. The van der Waals surface area contributed by atoms with E-state index in [0.717, 1.165) is 0 Å². The summed E-state index contributed by atoms with van der Waals surface area (Å²) in [6.07, 6.45) is 0.706. The van der Waals surface area contributed by atoms with Crippen molar-refractivity contribution in [2.24, 2.45) is 0 Å². The van der Waals surface area contributed by atoms with Gasteiger partial charge in [0.05, 0.1) is 22.7 Å². The van der Waals surface area contributed by atoms with Crippen molar-refractivity contribution in [3.8, 4) is 6.07 Å². The van der Waals surface area contributed by atoms with Crippen LogP contribution in [0.1, 0.15) is 6.42 Å². The van der Waals surface area contributed by atoms with E-state index < -0.39 is 0 Å². The molecule has 0 amide bonds. The molecule has 0 radical (unpaired) electrons. The van der Waals surface area contributed by atoms with Gasteiger partial charge < -0.3 is 4.74 Å². The Bertz CT molecular complexity index is 739. The highest BCUT2D eigenvalue weighted by Gasteiger charge is 2.11. The van der Waals surface area contributed by atoms with Gasteiger partial charge in [0.2, 0.25) is 0 Å². The fraction of sp³-hybridized carbons (Fsp3) is 0.357. The number of aromatic nitrogens is 2. The molecule has 0 atom stereocenters. The number of hydrogen-bond donors (Lipinski definition) is 0. The summed E-state index contributed by atoms with van der Waals surface area (Å²) < 4.78 is 6.61. The molecule has 1 heterocycles. The monoisotopic (exact) mass is 323 g/mol. The summed E-state index contributed by atoms with van der Waals surface area (Å²) in [6, 6.07) is 7.06. The molecular formula is C14H14ClN3O2S. The number of hydrogen-bond acceptors (Lipinski definition) is 5. The Morgan fingerprint density at radius 3 is 3.05 bits per heavy atom. The molecular weight excluding hydrogens is 310 g/mol. The van der Waals surface area contributed by atoms with Crippen molar-refractivity contribution in [1.29, 1.82) is 5.26 Å². The molecule has 0 N–H and O–H groups in total. The summed E-state index contributed by atoms with van der Waals surface area (Å²) in [4.78, 5) is 17.0. The first-order valence-corrected chi connectivity index (χ1v) is 7.72. The number of halogens is 1. The normalized spacial score (nSPS) is 10.7. The number of rotatable bonds is 6. The fourth-order valence-corrected chi connectivity index (χ4v) is 2.80. The zero-order valence-electron chi connectivity index (χ0n) is 11.5. The molecule has 0 saturated heterocycles. The van der Waals surface area contributed by atoms with E-state index in [9.17, 15) is 4.79 Å². The summed E-state index contributed by atoms with van der Waals surface area (Å²) in [5.74, 6) is 0.239. The molecule has 21 heavy (non-hydrogen) atoms. The highest BCUT2D eigenvalue weighted by atomic mass is 35.5. The molecule has 0 unspecified atom stereocenters. The van der Waals surface area contributed by atoms with Crippen molar-refractivity contribution in [3.63, 3.8) is 0 Å². The number of nitrogens with zero attached hydrogens (tertiary/aromatic N) is 3. The SMILES string of the molecule is COCCCn1c(SCC#N)nc2cc(Cl)ccc2c1=O. The van der Waals surface area contributed by atoms with E-state index >= 15 is 0 Å². The minimum atomic E-state index is -0.117. The maximum absolute atomic E-state index is 12.6. The molecule has 110 valence electrons. The fourth-order valence-electron chi connectivity index (χ4n) is 1.95. The van der Waals surface area contributed by atoms with Gasteiger partial charge in [-0.15, -0.1) is 0 Å². The molecule has 0 spiro atoms. The third-order valence-electron chi connectivity index (χ3n) is 2.88. The van der Waals surface area contributed by atoms with Gasteiger partial charge in [0.25, 0.3) is 5.56 Å². The highest BCUT2D eigenvalue weighted by Crippen LogP contribution is 2.20. The van der Waals surface area contributed by atoms with Gasteiger partial charge in [-0.25, -0.2) is 4.98 Å². The summed E-state index contributed by atoms with van der Waals surface area (Å²) >= 11 is 7.19. The van der Waals surface area contributed by atoms with Crippen LogP contribution in [0.5, 0.6) is 0 Å². The van der Waals surface area contributed by atoms with Crippen LogP contribution in [-0.2, 0) is 11.3 Å². The lowest BCUT2D eigenvalue weighted by atomic mass is 10.2. The summed E-state index contributed by atoms with van der Waals surface area (Å²) in [6.45, 7) is 1.07. The highest BCUT2D eigenvalue weighted by molar-refractivity contribution is 7.99. The van der Waals surface area contributed by atoms with Crippen LogP contribution in [0.15, 0.2) is 28.2 Å². The predicted molar refractivity (Wildman–Crippen MR) is 83.8 cm³/mol. The van der Waals surface area contributed by atoms with E-state index in [1.807, 2.05) is 6.07 Å². The van der Waals surface area contributed by atoms with Crippen LogP contribution in [0.25, 0.3) is 10.9 Å². The van der Waals surface area contributed by atoms with Crippen molar-refractivity contribution in [2.45, 2.75) is 18.1 Å². The van der Waals surface area contributed by atoms with E-state index in [-0.39, 0.29) is 11.3 Å². The van der Waals surface area contributed by atoms with Crippen LogP contribution in [0.4, 0.5) is 0 Å². The Kier molecular flexibility index (Phi) is 5.62. The standard InChI is InChI=1S/C14H14ClN3O2S/c1-20-7-2-6-18-13(19)11-4-3-10(15)9-12(11)17-14(18)21-8-5-16/h3-4,9H,2,6-8H2,1H3. The number of methoxy groups -OCH3 is 1. The lowest BCUT2D eigenvalue weighted by Crippen LogP contribution is -2.24. The molecule has 5 nitrogen and oxygen atoms in total. The first-order valence-electron chi connectivity index (χ1n) is 6.36. The lowest BCUT2D eigenvalue weighted by molar-refractivity contribution is 0.189. The Balaban J connectivity index is 2.51. The van der Waals surface area contributed by atoms with Crippen LogP contribution in [-0.4, -0.2) is 29.0 Å². The first kappa shape index (κ1) is 15.8. The second kappa shape index (κ2) is 7.46. The third-order valence-corrected chi connectivity index (χ3v) is 3.96. The van der Waals surface area contributed by atoms with Gasteiger partial charge in [-0.3, -0.25) is 9.36 Å². The van der Waals surface area contributed by atoms with Gasteiger partial charge in [0, 0.05) is 25.3 Å². The van der Waals surface area contributed by atoms with E-state index in [0.29, 0.717) is 40.7 Å². The van der Waals surface area contributed by atoms with Crippen molar-refractivity contribution < 1.29 is 4.74 Å². The van der Waals surface area contributed by atoms with E-state index in [4.69, 9.17) is 21.6 Å². The average Bonchev–Trinajstić information content (AvgIpc) is 2.47. The summed E-state index contributed by atoms with van der Waals surface area (Å²) in [5, 5.41) is 10.3. The van der Waals surface area contributed by atoms with Crippen LogP contribution in [0.3, 0.4) is 0 Å². The second-order valence-electron chi connectivity index (χ2n) is 4.31. The maximum atomic E-state index is 12.6. The van der Waals surface area contributed by atoms with Gasteiger partial charge >= 0.3 is 0 Å². The quantitative estimate of drug-likeness (QED) is 0.464. The van der Waals surface area contributed by atoms with Crippen LogP contribution >= 0.6 is 23.4 Å². The molecule has 7 heteroatoms. The summed E-state index contributed by atoms with van der Waals surface area (Å²) in [7, 11) is 1.62. The largest absolute Gasteiger partial charge is 0.385 e.